The molecule has 148 valence electrons. The van der Waals surface area contributed by atoms with Gasteiger partial charge in [0.15, 0.2) is 0 Å². The van der Waals surface area contributed by atoms with Crippen molar-refractivity contribution in [1.82, 2.24) is 9.80 Å². The summed E-state index contributed by atoms with van der Waals surface area (Å²) in [4.78, 5) is 15.9. The summed E-state index contributed by atoms with van der Waals surface area (Å²) in [6, 6.07) is 17.0. The molecule has 0 saturated carbocycles. The van der Waals surface area contributed by atoms with E-state index in [1.165, 1.54) is 17.2 Å². The average Bonchev–Trinajstić information content (AvgIpc) is 2.73. The predicted molar refractivity (Wildman–Crippen MR) is 113 cm³/mol. The van der Waals surface area contributed by atoms with Crippen LogP contribution in [-0.4, -0.2) is 41.9 Å². The van der Waals surface area contributed by atoms with Crippen molar-refractivity contribution >= 4 is 5.91 Å². The van der Waals surface area contributed by atoms with Crippen molar-refractivity contribution in [3.63, 3.8) is 0 Å². The van der Waals surface area contributed by atoms with Crippen molar-refractivity contribution < 1.29 is 9.53 Å². The van der Waals surface area contributed by atoms with E-state index in [2.05, 4.69) is 61.7 Å². The number of carbonyl (C=O) groups is 1. The van der Waals surface area contributed by atoms with Gasteiger partial charge in [-0.25, -0.2) is 0 Å². The molecular weight excluding hydrogens is 348 g/mol. The van der Waals surface area contributed by atoms with Crippen LogP contribution in [0.2, 0.25) is 0 Å². The van der Waals surface area contributed by atoms with Crippen LogP contribution in [0, 0.1) is 0 Å². The molecular formula is C24H30N2O2. The van der Waals surface area contributed by atoms with Crippen LogP contribution in [-0.2, 0) is 17.9 Å². The van der Waals surface area contributed by atoms with Crippen LogP contribution >= 0.6 is 0 Å². The van der Waals surface area contributed by atoms with E-state index in [9.17, 15) is 4.79 Å². The molecule has 1 heterocycles. The number of nitrogens with zero attached hydrogens (tertiary/aromatic N) is 2. The van der Waals surface area contributed by atoms with Gasteiger partial charge in [0.1, 0.15) is 12.4 Å². The van der Waals surface area contributed by atoms with Crippen molar-refractivity contribution in [2.75, 3.05) is 26.2 Å². The van der Waals surface area contributed by atoms with E-state index in [-0.39, 0.29) is 5.91 Å². The van der Waals surface area contributed by atoms with Crippen LogP contribution < -0.4 is 4.74 Å². The molecule has 2 aromatic carbocycles. The Kier molecular flexibility index (Phi) is 6.88. The van der Waals surface area contributed by atoms with Crippen molar-refractivity contribution in [3.8, 4) is 5.75 Å². The minimum atomic E-state index is 0.0304. The quantitative estimate of drug-likeness (QED) is 0.676. The van der Waals surface area contributed by atoms with E-state index in [4.69, 9.17) is 4.74 Å². The first-order valence-corrected chi connectivity index (χ1v) is 9.99. The first kappa shape index (κ1) is 20.2. The van der Waals surface area contributed by atoms with Gasteiger partial charge in [-0.2, -0.15) is 0 Å². The highest BCUT2D eigenvalue weighted by Crippen LogP contribution is 2.19. The summed E-state index contributed by atoms with van der Waals surface area (Å²) in [7, 11) is 0. The molecule has 0 bridgehead atoms. The second kappa shape index (κ2) is 9.56. The van der Waals surface area contributed by atoms with Gasteiger partial charge >= 0.3 is 0 Å². The molecule has 28 heavy (non-hydrogen) atoms. The van der Waals surface area contributed by atoms with E-state index in [1.807, 2.05) is 17.0 Å². The molecule has 1 amide bonds. The fourth-order valence-electron chi connectivity index (χ4n) is 3.37. The number of piperazine rings is 1. The van der Waals surface area contributed by atoms with E-state index < -0.39 is 0 Å². The molecule has 0 aromatic heterocycles. The van der Waals surface area contributed by atoms with Crippen molar-refractivity contribution in [2.45, 2.75) is 32.9 Å². The van der Waals surface area contributed by atoms with Crippen LogP contribution in [0.1, 0.15) is 36.5 Å². The molecule has 1 fully saturated rings. The highest BCUT2D eigenvalue weighted by molar-refractivity contribution is 5.87. The molecule has 4 heteroatoms. The topological polar surface area (TPSA) is 32.8 Å². The molecule has 0 radical (unpaired) electrons. The number of rotatable bonds is 7. The Hall–Kier alpha value is -2.59. The lowest BCUT2D eigenvalue weighted by Crippen LogP contribution is -2.47. The largest absolute Gasteiger partial charge is 0.489 e. The molecule has 1 aliphatic heterocycles. The summed E-state index contributed by atoms with van der Waals surface area (Å²) in [6.45, 7) is 12.8. The Morgan fingerprint density at radius 3 is 2.18 bits per heavy atom. The average molecular weight is 379 g/mol. The van der Waals surface area contributed by atoms with Crippen LogP contribution in [0.4, 0.5) is 0 Å². The van der Waals surface area contributed by atoms with Gasteiger partial charge in [0.25, 0.3) is 0 Å². The van der Waals surface area contributed by atoms with Gasteiger partial charge in [-0.1, -0.05) is 56.8 Å². The summed E-state index contributed by atoms with van der Waals surface area (Å²) in [5.41, 5.74) is 3.78. The van der Waals surface area contributed by atoms with Gasteiger partial charge in [-0.3, -0.25) is 9.69 Å². The third-order valence-corrected chi connectivity index (χ3v) is 5.24. The number of hydrogen-bond donors (Lipinski definition) is 0. The Morgan fingerprint density at radius 1 is 1.00 bits per heavy atom. The second-order valence-electron chi connectivity index (χ2n) is 7.63. The lowest BCUT2D eigenvalue weighted by Gasteiger charge is -2.34. The van der Waals surface area contributed by atoms with Crippen LogP contribution in [0.3, 0.4) is 0 Å². The highest BCUT2D eigenvalue weighted by atomic mass is 16.5. The van der Waals surface area contributed by atoms with E-state index in [1.54, 1.807) is 0 Å². The van der Waals surface area contributed by atoms with Crippen molar-refractivity contribution in [3.05, 3.63) is 77.9 Å². The minimum Gasteiger partial charge on any atom is -0.489 e. The highest BCUT2D eigenvalue weighted by Gasteiger charge is 2.19. The summed E-state index contributed by atoms with van der Waals surface area (Å²) < 4.78 is 5.91. The van der Waals surface area contributed by atoms with Gasteiger partial charge in [0.05, 0.1) is 0 Å². The van der Waals surface area contributed by atoms with Gasteiger partial charge in [-0.15, -0.1) is 0 Å². The Morgan fingerprint density at radius 2 is 1.61 bits per heavy atom. The second-order valence-corrected chi connectivity index (χ2v) is 7.63. The smallest absolute Gasteiger partial charge is 0.246 e. The maximum atomic E-state index is 11.7. The molecule has 4 nitrogen and oxygen atoms in total. The van der Waals surface area contributed by atoms with Crippen molar-refractivity contribution in [2.24, 2.45) is 0 Å². The molecule has 0 N–H and O–H groups in total. The van der Waals surface area contributed by atoms with Crippen LogP contribution in [0.5, 0.6) is 5.75 Å². The molecule has 3 rings (SSSR count). The van der Waals surface area contributed by atoms with Gasteiger partial charge in [0.2, 0.25) is 5.91 Å². The van der Waals surface area contributed by atoms with Crippen LogP contribution in [0.25, 0.3) is 0 Å². The molecule has 0 atom stereocenters. The van der Waals surface area contributed by atoms with E-state index >= 15 is 0 Å². The SMILES string of the molecule is C=CC(=O)N1CCN(Cc2ccc(COc3ccc(C(C)C)cc3)cc2)CC1. The fraction of sp³-hybridized carbons (Fsp3) is 0.375. The summed E-state index contributed by atoms with van der Waals surface area (Å²) >= 11 is 0. The molecule has 1 saturated heterocycles. The zero-order valence-electron chi connectivity index (χ0n) is 16.9. The normalized spacial score (nSPS) is 14.9. The number of amides is 1. The summed E-state index contributed by atoms with van der Waals surface area (Å²) in [6.07, 6.45) is 1.40. The molecule has 1 aliphatic rings. The number of carbonyl (C=O) groups excluding carboxylic acids is 1. The summed E-state index contributed by atoms with van der Waals surface area (Å²) in [5, 5.41) is 0. The zero-order chi connectivity index (χ0) is 19.9. The van der Waals surface area contributed by atoms with E-state index in [0.29, 0.717) is 12.5 Å². The molecule has 0 aliphatic carbocycles. The van der Waals surface area contributed by atoms with Gasteiger partial charge < -0.3 is 9.64 Å². The lowest BCUT2D eigenvalue weighted by molar-refractivity contribution is -0.127. The maximum absolute atomic E-state index is 11.7. The van der Waals surface area contributed by atoms with Gasteiger partial charge in [0, 0.05) is 32.7 Å². The Balaban J connectivity index is 1.46. The standard InChI is InChI=1S/C24H30N2O2/c1-4-24(27)26-15-13-25(14-16-26)17-20-5-7-21(8-6-20)18-28-23-11-9-22(10-12-23)19(2)3/h4-12,19H,1,13-18H2,2-3H3. The van der Waals surface area contributed by atoms with Gasteiger partial charge in [-0.05, 0) is 40.8 Å². The summed E-state index contributed by atoms with van der Waals surface area (Å²) in [5.74, 6) is 1.47. The predicted octanol–water partition coefficient (Wildman–Crippen LogP) is 4.22. The number of benzene rings is 2. The minimum absolute atomic E-state index is 0.0304. The maximum Gasteiger partial charge on any atom is 0.246 e. The zero-order valence-corrected chi connectivity index (χ0v) is 16.9. The first-order chi connectivity index (χ1) is 13.5. The molecule has 0 spiro atoms. The Bertz CT molecular complexity index is 773. The number of hydrogen-bond acceptors (Lipinski definition) is 3. The van der Waals surface area contributed by atoms with Crippen LogP contribution in [0.15, 0.2) is 61.2 Å². The number of ether oxygens (including phenoxy) is 1. The Labute approximate surface area is 168 Å². The third kappa shape index (κ3) is 5.46. The fourth-order valence-corrected chi connectivity index (χ4v) is 3.37. The third-order valence-electron chi connectivity index (χ3n) is 5.24. The monoisotopic (exact) mass is 378 g/mol. The van der Waals surface area contributed by atoms with Crippen molar-refractivity contribution in [1.29, 1.82) is 0 Å². The van der Waals surface area contributed by atoms with E-state index in [0.717, 1.165) is 44.0 Å². The lowest BCUT2D eigenvalue weighted by atomic mass is 10.0. The first-order valence-electron chi connectivity index (χ1n) is 9.99. The molecule has 0 unspecified atom stereocenters. The molecule has 2 aromatic rings.